The molecule has 0 spiro atoms. The second-order valence-corrected chi connectivity index (χ2v) is 10.4. The van der Waals surface area contributed by atoms with Gasteiger partial charge in [0.1, 0.15) is 5.82 Å². The molecule has 1 atom stereocenters. The lowest BCUT2D eigenvalue weighted by molar-refractivity contribution is -0.136. The van der Waals surface area contributed by atoms with Crippen molar-refractivity contribution in [2.75, 3.05) is 32.1 Å². The Labute approximate surface area is 220 Å². The van der Waals surface area contributed by atoms with E-state index in [0.717, 1.165) is 22.5 Å². The van der Waals surface area contributed by atoms with E-state index in [1.54, 1.807) is 16.7 Å². The predicted molar refractivity (Wildman–Crippen MR) is 148 cm³/mol. The Morgan fingerprint density at radius 3 is 2.35 bits per heavy atom. The molecule has 0 saturated carbocycles. The van der Waals surface area contributed by atoms with Crippen LogP contribution in [0.15, 0.2) is 60.7 Å². The van der Waals surface area contributed by atoms with Crippen molar-refractivity contribution in [3.05, 3.63) is 77.5 Å². The topological polar surface area (TPSA) is 76.5 Å². The van der Waals surface area contributed by atoms with Crippen LogP contribution in [0.4, 0.5) is 5.82 Å². The first-order valence-electron chi connectivity index (χ1n) is 12.9. The van der Waals surface area contributed by atoms with E-state index in [-0.39, 0.29) is 29.7 Å². The molecule has 37 heavy (non-hydrogen) atoms. The van der Waals surface area contributed by atoms with E-state index < -0.39 is 0 Å². The molecule has 2 aromatic carbocycles. The van der Waals surface area contributed by atoms with E-state index in [4.69, 9.17) is 9.84 Å². The van der Waals surface area contributed by atoms with Gasteiger partial charge in [0, 0.05) is 31.7 Å². The summed E-state index contributed by atoms with van der Waals surface area (Å²) in [7, 11) is 1.64. The van der Waals surface area contributed by atoms with Crippen LogP contribution in [-0.2, 0) is 19.7 Å². The number of carbonyl (C=O) groups is 2. The fraction of sp³-hybridized carbons (Fsp3) is 0.433. The molecule has 1 heterocycles. The van der Waals surface area contributed by atoms with E-state index in [0.29, 0.717) is 31.8 Å². The zero-order valence-corrected chi connectivity index (χ0v) is 23.0. The molecule has 1 unspecified atom stereocenters. The molecule has 0 saturated heterocycles. The maximum atomic E-state index is 13.6. The van der Waals surface area contributed by atoms with Gasteiger partial charge in [0.2, 0.25) is 11.8 Å². The summed E-state index contributed by atoms with van der Waals surface area (Å²) in [6, 6.07) is 19.7. The number of benzene rings is 2. The summed E-state index contributed by atoms with van der Waals surface area (Å²) in [6.45, 7) is 11.2. The zero-order chi connectivity index (χ0) is 27.0. The van der Waals surface area contributed by atoms with Crippen LogP contribution >= 0.6 is 0 Å². The Bertz CT molecular complexity index is 1160. The van der Waals surface area contributed by atoms with Crippen LogP contribution in [0.2, 0.25) is 0 Å². The number of methoxy groups -OCH3 is 1. The summed E-state index contributed by atoms with van der Waals surface area (Å²) < 4.78 is 6.96. The fourth-order valence-electron chi connectivity index (χ4n) is 4.20. The molecule has 1 N–H and O–H groups in total. The summed E-state index contributed by atoms with van der Waals surface area (Å²) >= 11 is 0. The number of hydrogen-bond acceptors (Lipinski definition) is 4. The third-order valence-corrected chi connectivity index (χ3v) is 6.35. The van der Waals surface area contributed by atoms with Crippen molar-refractivity contribution in [1.29, 1.82) is 0 Å². The number of nitrogens with one attached hydrogen (secondary N) is 1. The van der Waals surface area contributed by atoms with Crippen molar-refractivity contribution in [2.45, 2.75) is 58.8 Å². The molecule has 7 nitrogen and oxygen atoms in total. The number of nitrogens with zero attached hydrogens (tertiary/aromatic N) is 3. The van der Waals surface area contributed by atoms with Gasteiger partial charge in [-0.2, -0.15) is 5.10 Å². The van der Waals surface area contributed by atoms with Crippen molar-refractivity contribution >= 4 is 17.6 Å². The van der Waals surface area contributed by atoms with Gasteiger partial charge in [0.15, 0.2) is 0 Å². The Kier molecular flexibility index (Phi) is 9.64. The number of ether oxygens (including phenoxy) is 1. The summed E-state index contributed by atoms with van der Waals surface area (Å²) in [5, 5.41) is 7.82. The van der Waals surface area contributed by atoms with E-state index in [1.807, 2.05) is 74.5 Å². The van der Waals surface area contributed by atoms with Gasteiger partial charge in [-0.3, -0.25) is 9.59 Å². The highest BCUT2D eigenvalue weighted by Crippen LogP contribution is 2.27. The minimum absolute atomic E-state index is 0.0458. The maximum Gasteiger partial charge on any atom is 0.245 e. The second-order valence-electron chi connectivity index (χ2n) is 10.4. The number of aromatic nitrogens is 2. The van der Waals surface area contributed by atoms with E-state index >= 15 is 0 Å². The SMILES string of the molecule is CCC(C(=O)N(CCCOC)CC(=O)Nc1cc(C(C)(C)C)nn1-c1ccc(C)cc1)c1ccccc1. The lowest BCUT2D eigenvalue weighted by atomic mass is 9.92. The summed E-state index contributed by atoms with van der Waals surface area (Å²) in [6.07, 6.45) is 1.30. The monoisotopic (exact) mass is 504 g/mol. The van der Waals surface area contributed by atoms with Gasteiger partial charge in [-0.05, 0) is 37.5 Å². The van der Waals surface area contributed by atoms with Crippen molar-refractivity contribution in [3.63, 3.8) is 0 Å². The highest BCUT2D eigenvalue weighted by Gasteiger charge is 2.27. The van der Waals surface area contributed by atoms with Crippen LogP contribution < -0.4 is 5.32 Å². The molecule has 2 amide bonds. The smallest absolute Gasteiger partial charge is 0.245 e. The Morgan fingerprint density at radius 1 is 1.08 bits per heavy atom. The highest BCUT2D eigenvalue weighted by atomic mass is 16.5. The molecule has 198 valence electrons. The zero-order valence-electron chi connectivity index (χ0n) is 23.0. The minimum atomic E-state index is -0.304. The summed E-state index contributed by atoms with van der Waals surface area (Å²) in [5.41, 5.74) is 3.64. The number of aryl methyl sites for hydroxylation is 1. The molecule has 3 rings (SSSR count). The molecular weight excluding hydrogens is 464 g/mol. The Balaban J connectivity index is 1.85. The number of anilines is 1. The van der Waals surface area contributed by atoms with E-state index in [1.165, 1.54) is 0 Å². The molecule has 0 radical (unpaired) electrons. The van der Waals surface area contributed by atoms with Gasteiger partial charge in [-0.1, -0.05) is 75.7 Å². The average molecular weight is 505 g/mol. The fourth-order valence-corrected chi connectivity index (χ4v) is 4.20. The van der Waals surface area contributed by atoms with Crippen LogP contribution in [0, 0.1) is 6.92 Å². The molecule has 0 aliphatic heterocycles. The summed E-state index contributed by atoms with van der Waals surface area (Å²) in [4.78, 5) is 28.6. The molecule has 3 aromatic rings. The third-order valence-electron chi connectivity index (χ3n) is 6.35. The third kappa shape index (κ3) is 7.52. The molecule has 0 bridgehead atoms. The maximum absolute atomic E-state index is 13.6. The molecular formula is C30H40N4O3. The first kappa shape index (κ1) is 28.1. The van der Waals surface area contributed by atoms with Crippen LogP contribution in [-0.4, -0.2) is 53.3 Å². The first-order valence-corrected chi connectivity index (χ1v) is 12.9. The van der Waals surface area contributed by atoms with Crippen LogP contribution in [0.3, 0.4) is 0 Å². The predicted octanol–water partition coefficient (Wildman–Crippen LogP) is 5.48. The van der Waals surface area contributed by atoms with Gasteiger partial charge in [0.05, 0.1) is 23.8 Å². The molecule has 7 heteroatoms. The van der Waals surface area contributed by atoms with Crippen molar-refractivity contribution in [3.8, 4) is 5.69 Å². The van der Waals surface area contributed by atoms with Crippen molar-refractivity contribution in [1.82, 2.24) is 14.7 Å². The number of rotatable bonds is 11. The average Bonchev–Trinajstić information content (AvgIpc) is 3.29. The van der Waals surface area contributed by atoms with Crippen molar-refractivity contribution in [2.24, 2.45) is 0 Å². The van der Waals surface area contributed by atoms with Crippen LogP contribution in [0.25, 0.3) is 5.69 Å². The Morgan fingerprint density at radius 2 is 1.76 bits per heavy atom. The Hall–Kier alpha value is -3.45. The largest absolute Gasteiger partial charge is 0.385 e. The molecule has 0 aliphatic rings. The van der Waals surface area contributed by atoms with Crippen LogP contribution in [0.1, 0.15) is 63.3 Å². The van der Waals surface area contributed by atoms with E-state index in [2.05, 4.69) is 26.1 Å². The molecule has 0 aliphatic carbocycles. The summed E-state index contributed by atoms with van der Waals surface area (Å²) in [5.74, 6) is -0.0370. The van der Waals surface area contributed by atoms with Gasteiger partial charge >= 0.3 is 0 Å². The van der Waals surface area contributed by atoms with E-state index in [9.17, 15) is 9.59 Å². The van der Waals surface area contributed by atoms with Crippen LogP contribution in [0.5, 0.6) is 0 Å². The standard InChI is InChI=1S/C30H40N4O3/c1-7-25(23-12-9-8-10-13-23)29(36)33(18-11-19-37-6)21-28(35)31-27-20-26(30(3,4)5)32-34(27)24-16-14-22(2)15-17-24/h8-10,12-17,20,25H,7,11,18-19,21H2,1-6H3,(H,31,35). The van der Waals surface area contributed by atoms with Gasteiger partial charge in [0.25, 0.3) is 0 Å². The second kappa shape index (κ2) is 12.7. The molecule has 0 fully saturated rings. The van der Waals surface area contributed by atoms with Crippen molar-refractivity contribution < 1.29 is 14.3 Å². The van der Waals surface area contributed by atoms with Gasteiger partial charge < -0.3 is 15.0 Å². The van der Waals surface area contributed by atoms with Gasteiger partial charge in [-0.25, -0.2) is 4.68 Å². The lowest BCUT2D eigenvalue weighted by Gasteiger charge is -2.27. The molecule has 1 aromatic heterocycles. The number of amides is 2. The minimum Gasteiger partial charge on any atom is -0.385 e. The number of hydrogen-bond donors (Lipinski definition) is 1. The highest BCUT2D eigenvalue weighted by molar-refractivity contribution is 5.95. The van der Waals surface area contributed by atoms with Gasteiger partial charge in [-0.15, -0.1) is 0 Å². The lowest BCUT2D eigenvalue weighted by Crippen LogP contribution is -2.41. The quantitative estimate of drug-likeness (QED) is 0.351. The first-order chi connectivity index (χ1) is 17.6. The normalized spacial score (nSPS) is 12.3. The number of carbonyl (C=O) groups excluding carboxylic acids is 2.